The highest BCUT2D eigenvalue weighted by molar-refractivity contribution is 7.91. The van der Waals surface area contributed by atoms with Crippen molar-refractivity contribution in [2.75, 3.05) is 23.9 Å². The highest BCUT2D eigenvalue weighted by Gasteiger charge is 2.33. The number of pyridine rings is 1. The Hall–Kier alpha value is -3.25. The number of rotatable bonds is 4. The van der Waals surface area contributed by atoms with E-state index in [2.05, 4.69) is 10.3 Å². The van der Waals surface area contributed by atoms with Crippen LogP contribution in [-0.2, 0) is 9.84 Å². The van der Waals surface area contributed by atoms with Crippen LogP contribution in [0.25, 0.3) is 0 Å². The smallest absolute Gasteiger partial charge is 0.272 e. The van der Waals surface area contributed by atoms with Crippen molar-refractivity contribution in [2.24, 2.45) is 0 Å². The zero-order chi connectivity index (χ0) is 20.3. The molecule has 8 nitrogen and oxygen atoms in total. The molecular formula is C19H18N4O4S. The first-order valence-corrected chi connectivity index (χ1v) is 10.4. The van der Waals surface area contributed by atoms with Crippen LogP contribution >= 0.6 is 0 Å². The minimum Gasteiger partial charge on any atom is -0.336 e. The van der Waals surface area contributed by atoms with Crippen LogP contribution < -0.4 is 5.32 Å². The predicted molar refractivity (Wildman–Crippen MR) is 102 cm³/mol. The first-order valence-electron chi connectivity index (χ1n) is 8.54. The molecule has 1 fully saturated rings. The number of carbonyl (C=O) groups is 2. The molecule has 2 heterocycles. The summed E-state index contributed by atoms with van der Waals surface area (Å²) in [6.45, 7) is 0. The maximum absolute atomic E-state index is 12.7. The quantitative estimate of drug-likeness (QED) is 0.832. The molecule has 1 saturated heterocycles. The lowest BCUT2D eigenvalue weighted by Gasteiger charge is -2.23. The van der Waals surface area contributed by atoms with E-state index >= 15 is 0 Å². The topological polar surface area (TPSA) is 120 Å². The van der Waals surface area contributed by atoms with Crippen molar-refractivity contribution < 1.29 is 18.0 Å². The first kappa shape index (κ1) is 19.5. The van der Waals surface area contributed by atoms with E-state index in [1.165, 1.54) is 30.3 Å². The summed E-state index contributed by atoms with van der Waals surface area (Å²) < 4.78 is 23.3. The fraction of sp³-hybridized carbons (Fsp3) is 0.263. The number of aromatic nitrogens is 1. The van der Waals surface area contributed by atoms with Gasteiger partial charge in [0.2, 0.25) is 0 Å². The lowest BCUT2D eigenvalue weighted by molar-refractivity contribution is 0.0742. The Kier molecular flexibility index (Phi) is 5.42. The van der Waals surface area contributed by atoms with E-state index in [0.29, 0.717) is 17.7 Å². The second-order valence-corrected chi connectivity index (χ2v) is 8.78. The number of anilines is 1. The lowest BCUT2D eigenvalue weighted by Crippen LogP contribution is -2.38. The second kappa shape index (κ2) is 7.78. The Morgan fingerprint density at radius 3 is 2.75 bits per heavy atom. The van der Waals surface area contributed by atoms with Gasteiger partial charge in [-0.1, -0.05) is 6.07 Å². The number of hydrogen-bond acceptors (Lipinski definition) is 6. The Balaban J connectivity index is 1.75. The van der Waals surface area contributed by atoms with Crippen LogP contribution in [0.3, 0.4) is 0 Å². The molecule has 2 amide bonds. The number of nitrogens with one attached hydrogen (secondary N) is 1. The number of amides is 2. The molecule has 1 aromatic heterocycles. The SMILES string of the molecule is CN(C(=O)c1cc(C(=O)Nc2cccc(C#N)c2)ccn1)C1CCS(=O)(=O)C1. The fourth-order valence-corrected chi connectivity index (χ4v) is 4.76. The van der Waals surface area contributed by atoms with Gasteiger partial charge in [-0.15, -0.1) is 0 Å². The molecule has 144 valence electrons. The van der Waals surface area contributed by atoms with Crippen LogP contribution in [0.5, 0.6) is 0 Å². The van der Waals surface area contributed by atoms with Crippen LogP contribution in [-0.4, -0.2) is 54.7 Å². The zero-order valence-electron chi connectivity index (χ0n) is 15.1. The van der Waals surface area contributed by atoms with Gasteiger partial charge in [0.25, 0.3) is 11.8 Å². The summed E-state index contributed by atoms with van der Waals surface area (Å²) in [5.74, 6) is -0.890. The van der Waals surface area contributed by atoms with Gasteiger partial charge in [-0.25, -0.2) is 8.42 Å². The number of benzene rings is 1. The Bertz CT molecular complexity index is 1080. The van der Waals surface area contributed by atoms with Crippen LogP contribution in [0.1, 0.15) is 32.8 Å². The third-order valence-electron chi connectivity index (χ3n) is 4.57. The number of carbonyl (C=O) groups excluding carboxylic acids is 2. The fourth-order valence-electron chi connectivity index (χ4n) is 2.99. The van der Waals surface area contributed by atoms with Gasteiger partial charge in [0.05, 0.1) is 23.1 Å². The highest BCUT2D eigenvalue weighted by Crippen LogP contribution is 2.19. The summed E-state index contributed by atoms with van der Waals surface area (Å²) >= 11 is 0. The molecule has 1 aliphatic heterocycles. The number of hydrogen-bond donors (Lipinski definition) is 1. The van der Waals surface area contributed by atoms with Gasteiger partial charge >= 0.3 is 0 Å². The monoisotopic (exact) mass is 398 g/mol. The molecular weight excluding hydrogens is 380 g/mol. The van der Waals surface area contributed by atoms with Crippen molar-refractivity contribution in [1.29, 1.82) is 5.26 Å². The van der Waals surface area contributed by atoms with E-state index in [-0.39, 0.29) is 22.8 Å². The van der Waals surface area contributed by atoms with Gasteiger partial charge in [-0.3, -0.25) is 14.6 Å². The summed E-state index contributed by atoms with van der Waals surface area (Å²) in [6.07, 6.45) is 1.74. The summed E-state index contributed by atoms with van der Waals surface area (Å²) in [5.41, 5.74) is 1.16. The van der Waals surface area contributed by atoms with E-state index in [0.717, 1.165) is 0 Å². The molecule has 3 rings (SSSR count). The molecule has 9 heteroatoms. The number of nitriles is 1. The predicted octanol–water partition coefficient (Wildman–Crippen LogP) is 1.46. The Labute approximate surface area is 162 Å². The van der Waals surface area contributed by atoms with Gasteiger partial charge in [0.1, 0.15) is 5.69 Å². The second-order valence-electron chi connectivity index (χ2n) is 6.55. The van der Waals surface area contributed by atoms with E-state index in [1.54, 1.807) is 24.3 Å². The van der Waals surface area contributed by atoms with E-state index < -0.39 is 27.7 Å². The molecule has 1 unspecified atom stereocenters. The largest absolute Gasteiger partial charge is 0.336 e. The van der Waals surface area contributed by atoms with Crippen molar-refractivity contribution in [1.82, 2.24) is 9.88 Å². The van der Waals surface area contributed by atoms with E-state index in [4.69, 9.17) is 5.26 Å². The zero-order valence-corrected chi connectivity index (χ0v) is 15.9. The normalized spacial score (nSPS) is 17.5. The van der Waals surface area contributed by atoms with Crippen LogP contribution in [0.2, 0.25) is 0 Å². The van der Waals surface area contributed by atoms with E-state index in [1.807, 2.05) is 6.07 Å². The van der Waals surface area contributed by atoms with Crippen LogP contribution in [0.15, 0.2) is 42.6 Å². The molecule has 0 bridgehead atoms. The minimum absolute atomic E-state index is 0.0604. The third-order valence-corrected chi connectivity index (χ3v) is 6.32. The van der Waals surface area contributed by atoms with Crippen molar-refractivity contribution in [2.45, 2.75) is 12.5 Å². The number of sulfone groups is 1. The van der Waals surface area contributed by atoms with Gasteiger partial charge in [0.15, 0.2) is 9.84 Å². The molecule has 2 aromatic rings. The minimum atomic E-state index is -3.12. The molecule has 28 heavy (non-hydrogen) atoms. The summed E-state index contributed by atoms with van der Waals surface area (Å²) in [6, 6.07) is 10.9. The molecule has 0 aliphatic carbocycles. The number of nitrogens with zero attached hydrogens (tertiary/aromatic N) is 3. The van der Waals surface area contributed by atoms with Crippen molar-refractivity contribution >= 4 is 27.3 Å². The standard InChI is InChI=1S/C19H18N4O4S/c1-23(16-6-8-28(26,27)12-16)19(25)17-10-14(5-7-21-17)18(24)22-15-4-2-3-13(9-15)11-20/h2-5,7,9-10,16H,6,8,12H2,1H3,(H,22,24). The molecule has 1 atom stereocenters. The van der Waals surface area contributed by atoms with Gasteiger partial charge in [-0.05, 0) is 36.8 Å². The average molecular weight is 398 g/mol. The molecule has 0 spiro atoms. The summed E-state index contributed by atoms with van der Waals surface area (Å²) in [5, 5.41) is 11.6. The van der Waals surface area contributed by atoms with Gasteiger partial charge < -0.3 is 10.2 Å². The highest BCUT2D eigenvalue weighted by atomic mass is 32.2. The van der Waals surface area contributed by atoms with Crippen molar-refractivity contribution in [3.05, 3.63) is 59.4 Å². The van der Waals surface area contributed by atoms with Crippen molar-refractivity contribution in [3.8, 4) is 6.07 Å². The summed E-state index contributed by atoms with van der Waals surface area (Å²) in [4.78, 5) is 30.5. The Morgan fingerprint density at radius 2 is 2.07 bits per heavy atom. The average Bonchev–Trinajstić information content (AvgIpc) is 3.06. The van der Waals surface area contributed by atoms with Crippen LogP contribution in [0, 0.1) is 11.3 Å². The third kappa shape index (κ3) is 4.35. The lowest BCUT2D eigenvalue weighted by atomic mass is 10.1. The molecule has 0 saturated carbocycles. The van der Waals surface area contributed by atoms with Gasteiger partial charge in [0, 0.05) is 30.5 Å². The van der Waals surface area contributed by atoms with Crippen LogP contribution in [0.4, 0.5) is 5.69 Å². The molecule has 1 N–H and O–H groups in total. The Morgan fingerprint density at radius 1 is 1.29 bits per heavy atom. The molecule has 0 radical (unpaired) electrons. The van der Waals surface area contributed by atoms with Crippen molar-refractivity contribution in [3.63, 3.8) is 0 Å². The molecule has 1 aromatic carbocycles. The maximum atomic E-state index is 12.7. The molecule has 1 aliphatic rings. The first-order chi connectivity index (χ1) is 13.3. The van der Waals surface area contributed by atoms with E-state index in [9.17, 15) is 18.0 Å². The summed E-state index contributed by atoms with van der Waals surface area (Å²) in [7, 11) is -1.58. The van der Waals surface area contributed by atoms with Gasteiger partial charge in [-0.2, -0.15) is 5.26 Å². The maximum Gasteiger partial charge on any atom is 0.272 e.